The maximum atomic E-state index is 11.5. The number of nitrogens with one attached hydrogen (secondary N) is 1. The molecule has 1 heterocycles. The van der Waals surface area contributed by atoms with Crippen molar-refractivity contribution in [2.75, 3.05) is 13.7 Å². The minimum absolute atomic E-state index is 0.0266. The lowest BCUT2D eigenvalue weighted by Crippen LogP contribution is -2.29. The summed E-state index contributed by atoms with van der Waals surface area (Å²) in [4.78, 5) is 11.5. The molecule has 0 spiro atoms. The molecule has 1 aliphatic heterocycles. The van der Waals surface area contributed by atoms with Crippen molar-refractivity contribution < 1.29 is 9.53 Å². The van der Waals surface area contributed by atoms with Crippen molar-refractivity contribution in [3.05, 3.63) is 29.8 Å². The van der Waals surface area contributed by atoms with E-state index >= 15 is 0 Å². The van der Waals surface area contributed by atoms with E-state index in [2.05, 4.69) is 5.32 Å². The Morgan fingerprint density at radius 3 is 2.93 bits per heavy atom. The van der Waals surface area contributed by atoms with E-state index in [1.807, 2.05) is 24.3 Å². The van der Waals surface area contributed by atoms with Gasteiger partial charge < -0.3 is 10.1 Å². The fraction of sp³-hybridized carbons (Fsp3) is 0.417. The highest BCUT2D eigenvalue weighted by Gasteiger charge is 2.24. The van der Waals surface area contributed by atoms with Crippen LogP contribution in [-0.4, -0.2) is 25.5 Å². The topological polar surface area (TPSA) is 38.3 Å². The van der Waals surface area contributed by atoms with Gasteiger partial charge in [-0.15, -0.1) is 0 Å². The van der Waals surface area contributed by atoms with E-state index in [0.29, 0.717) is 12.2 Å². The van der Waals surface area contributed by atoms with Gasteiger partial charge in [-0.1, -0.05) is 18.2 Å². The number of hydrogen-bond acceptors (Lipinski definition) is 3. The van der Waals surface area contributed by atoms with E-state index in [1.165, 1.54) is 0 Å². The van der Waals surface area contributed by atoms with Gasteiger partial charge in [-0.2, -0.15) is 0 Å². The van der Waals surface area contributed by atoms with E-state index in [0.717, 1.165) is 24.3 Å². The number of benzene rings is 1. The summed E-state index contributed by atoms with van der Waals surface area (Å²) in [5, 5.41) is 3.20. The minimum atomic E-state index is -0.0266. The Labute approximate surface area is 89.4 Å². The first-order valence-electron chi connectivity index (χ1n) is 5.19. The Hall–Kier alpha value is -1.35. The van der Waals surface area contributed by atoms with Crippen LogP contribution >= 0.6 is 0 Å². The summed E-state index contributed by atoms with van der Waals surface area (Å²) >= 11 is 0. The molecule has 1 unspecified atom stereocenters. The van der Waals surface area contributed by atoms with Crippen molar-refractivity contribution in [2.24, 2.45) is 0 Å². The number of methoxy groups -OCH3 is 1. The van der Waals surface area contributed by atoms with Gasteiger partial charge in [0.05, 0.1) is 13.2 Å². The van der Waals surface area contributed by atoms with Gasteiger partial charge in [-0.05, 0) is 18.1 Å². The Bertz CT molecular complexity index is 362. The Kier molecular flexibility index (Phi) is 3.02. The third-order valence-electron chi connectivity index (χ3n) is 2.77. The number of carbonyl (C=O) groups is 1. The second-order valence-electron chi connectivity index (χ2n) is 3.74. The van der Waals surface area contributed by atoms with Crippen LogP contribution < -0.4 is 10.1 Å². The first-order chi connectivity index (χ1) is 7.31. The van der Waals surface area contributed by atoms with E-state index < -0.39 is 0 Å². The van der Waals surface area contributed by atoms with Gasteiger partial charge >= 0.3 is 0 Å². The monoisotopic (exact) mass is 205 g/mol. The molecular weight excluding hydrogens is 190 g/mol. The summed E-state index contributed by atoms with van der Waals surface area (Å²) in [6.07, 6.45) is 1.38. The zero-order chi connectivity index (χ0) is 10.7. The maximum absolute atomic E-state index is 11.5. The van der Waals surface area contributed by atoms with E-state index in [4.69, 9.17) is 4.74 Å². The zero-order valence-corrected chi connectivity index (χ0v) is 8.82. The number of hydrogen-bond donors (Lipinski definition) is 1. The molecule has 1 aromatic carbocycles. The van der Waals surface area contributed by atoms with Crippen LogP contribution in [0.3, 0.4) is 0 Å². The number of carbonyl (C=O) groups excluding carboxylic acids is 1. The average molecular weight is 205 g/mol. The summed E-state index contributed by atoms with van der Waals surface area (Å²) in [5.41, 5.74) is 1.09. The molecule has 3 nitrogen and oxygen atoms in total. The lowest BCUT2D eigenvalue weighted by atomic mass is 10.0. The van der Waals surface area contributed by atoms with Gasteiger partial charge in [0, 0.05) is 13.0 Å². The third kappa shape index (κ3) is 2.18. The van der Waals surface area contributed by atoms with Crippen LogP contribution in [0.4, 0.5) is 0 Å². The van der Waals surface area contributed by atoms with Crippen molar-refractivity contribution in [1.82, 2.24) is 5.32 Å². The molecule has 0 aliphatic carbocycles. The van der Waals surface area contributed by atoms with Gasteiger partial charge in [0.1, 0.15) is 5.75 Å². The van der Waals surface area contributed by atoms with Crippen molar-refractivity contribution in [3.8, 4) is 5.75 Å². The van der Waals surface area contributed by atoms with Crippen LogP contribution in [0.5, 0.6) is 5.75 Å². The maximum Gasteiger partial charge on any atom is 0.151 e. The molecule has 1 aromatic rings. The molecule has 0 radical (unpaired) electrons. The smallest absolute Gasteiger partial charge is 0.151 e. The molecule has 0 bridgehead atoms. The van der Waals surface area contributed by atoms with Crippen molar-refractivity contribution >= 4 is 5.78 Å². The van der Waals surface area contributed by atoms with Crippen LogP contribution in [0.15, 0.2) is 24.3 Å². The highest BCUT2D eigenvalue weighted by molar-refractivity contribution is 5.86. The highest BCUT2D eigenvalue weighted by Crippen LogP contribution is 2.20. The summed E-state index contributed by atoms with van der Waals surface area (Å²) in [6, 6.07) is 7.81. The van der Waals surface area contributed by atoms with E-state index in [1.54, 1.807) is 7.11 Å². The van der Waals surface area contributed by atoms with Crippen LogP contribution in [0.2, 0.25) is 0 Å². The molecule has 15 heavy (non-hydrogen) atoms. The minimum Gasteiger partial charge on any atom is -0.496 e. The van der Waals surface area contributed by atoms with E-state index in [9.17, 15) is 4.79 Å². The molecule has 3 heteroatoms. The Morgan fingerprint density at radius 1 is 1.47 bits per heavy atom. The van der Waals surface area contributed by atoms with Crippen LogP contribution in [0, 0.1) is 0 Å². The first-order valence-corrected chi connectivity index (χ1v) is 5.19. The van der Waals surface area contributed by atoms with Gasteiger partial charge in [-0.25, -0.2) is 0 Å². The van der Waals surface area contributed by atoms with Crippen molar-refractivity contribution in [1.29, 1.82) is 0 Å². The molecule has 80 valence electrons. The van der Waals surface area contributed by atoms with E-state index in [-0.39, 0.29) is 6.04 Å². The second kappa shape index (κ2) is 4.45. The molecular formula is C12H15NO2. The average Bonchev–Trinajstić information content (AvgIpc) is 2.65. The summed E-state index contributed by atoms with van der Waals surface area (Å²) in [6.45, 7) is 0.804. The molecule has 1 atom stereocenters. The van der Waals surface area contributed by atoms with Gasteiger partial charge in [0.25, 0.3) is 0 Å². The van der Waals surface area contributed by atoms with Crippen molar-refractivity contribution in [3.63, 3.8) is 0 Å². The predicted molar refractivity (Wildman–Crippen MR) is 58.1 cm³/mol. The lowest BCUT2D eigenvalue weighted by molar-refractivity contribution is -0.118. The van der Waals surface area contributed by atoms with Crippen LogP contribution in [0.1, 0.15) is 12.0 Å². The summed E-state index contributed by atoms with van der Waals surface area (Å²) < 4.78 is 5.25. The number of ether oxygens (including phenoxy) is 1. The Morgan fingerprint density at radius 2 is 2.27 bits per heavy atom. The molecule has 1 aliphatic rings. The predicted octanol–water partition coefficient (Wildman–Crippen LogP) is 1.17. The third-order valence-corrected chi connectivity index (χ3v) is 2.77. The Balaban J connectivity index is 2.12. The molecule has 1 N–H and O–H groups in total. The van der Waals surface area contributed by atoms with Crippen LogP contribution in [0.25, 0.3) is 0 Å². The van der Waals surface area contributed by atoms with Crippen molar-refractivity contribution in [2.45, 2.75) is 18.9 Å². The summed E-state index contributed by atoms with van der Waals surface area (Å²) in [7, 11) is 1.66. The standard InChI is InChI=1S/C12H15NO2/c1-15-12-5-3-2-4-9(12)8-10-11(14)6-7-13-10/h2-5,10,13H,6-8H2,1H3. The fourth-order valence-electron chi connectivity index (χ4n) is 1.94. The highest BCUT2D eigenvalue weighted by atomic mass is 16.5. The molecule has 1 fully saturated rings. The molecule has 1 saturated heterocycles. The van der Waals surface area contributed by atoms with Gasteiger partial charge in [-0.3, -0.25) is 4.79 Å². The van der Waals surface area contributed by atoms with Gasteiger partial charge in [0.2, 0.25) is 0 Å². The SMILES string of the molecule is COc1ccccc1CC1NCCC1=O. The van der Waals surface area contributed by atoms with Gasteiger partial charge in [0.15, 0.2) is 5.78 Å². The second-order valence-corrected chi connectivity index (χ2v) is 3.74. The number of para-hydroxylation sites is 1. The molecule has 0 amide bonds. The van der Waals surface area contributed by atoms with Crippen LogP contribution in [-0.2, 0) is 11.2 Å². The zero-order valence-electron chi connectivity index (χ0n) is 8.82. The summed E-state index contributed by atoms with van der Waals surface area (Å²) in [5.74, 6) is 1.17. The number of rotatable bonds is 3. The molecule has 2 rings (SSSR count). The lowest BCUT2D eigenvalue weighted by Gasteiger charge is -2.12. The number of ketones is 1. The largest absolute Gasteiger partial charge is 0.496 e. The number of Topliss-reactive ketones (excluding diaryl/α,β-unsaturated/α-hetero) is 1. The first kappa shape index (κ1) is 10.2. The quantitative estimate of drug-likeness (QED) is 0.805. The molecule has 0 aromatic heterocycles. The molecule has 0 saturated carbocycles. The normalized spacial score (nSPS) is 20.6. The fourth-order valence-corrected chi connectivity index (χ4v) is 1.94.